The molecule has 1 aromatic rings. The van der Waals surface area contributed by atoms with Gasteiger partial charge in [-0.1, -0.05) is 0 Å². The van der Waals surface area contributed by atoms with E-state index in [4.69, 9.17) is 8.22 Å². The standard InChI is InChI=1S/C7H6BrNO2/c1-11-7(10)5-2-3-6(8)9-4-5/h2-4H,1H3/i1D3,2D,3D,4D. The Morgan fingerprint density at radius 1 is 1.91 bits per heavy atom. The van der Waals surface area contributed by atoms with Crippen LogP contribution < -0.4 is 0 Å². The molecule has 0 aliphatic heterocycles. The Labute approximate surface area is 81.0 Å². The lowest BCUT2D eigenvalue weighted by Gasteiger charge is -1.96. The molecule has 0 spiro atoms. The first-order chi connectivity index (χ1) is 7.63. The topological polar surface area (TPSA) is 39.2 Å². The Kier molecular flexibility index (Phi) is 1.02. The molecule has 0 bridgehead atoms. The van der Waals surface area contributed by atoms with E-state index in [-0.39, 0.29) is 4.60 Å². The lowest BCUT2D eigenvalue weighted by molar-refractivity contribution is 0.0600. The summed E-state index contributed by atoms with van der Waals surface area (Å²) < 4.78 is 46.4. The Bertz CT molecular complexity index is 474. The van der Waals surface area contributed by atoms with Crippen molar-refractivity contribution in [2.75, 3.05) is 7.04 Å². The molecule has 0 atom stereocenters. The van der Waals surface area contributed by atoms with E-state index in [0.717, 1.165) is 0 Å². The van der Waals surface area contributed by atoms with Crippen molar-refractivity contribution in [3.05, 3.63) is 28.4 Å². The van der Waals surface area contributed by atoms with E-state index in [9.17, 15) is 4.79 Å². The van der Waals surface area contributed by atoms with E-state index in [0.29, 0.717) is 0 Å². The van der Waals surface area contributed by atoms with Gasteiger partial charge in [0.25, 0.3) is 0 Å². The first-order valence-electron chi connectivity index (χ1n) is 5.50. The summed E-state index contributed by atoms with van der Waals surface area (Å²) in [6, 6.07) is -1.02. The van der Waals surface area contributed by atoms with Gasteiger partial charge in [0, 0.05) is 6.17 Å². The van der Waals surface area contributed by atoms with E-state index in [1.165, 1.54) is 0 Å². The molecular formula is C7H6BrNO2. The van der Waals surface area contributed by atoms with Crippen molar-refractivity contribution in [1.82, 2.24) is 4.98 Å². The summed E-state index contributed by atoms with van der Waals surface area (Å²) in [6.45, 7) is 0. The SMILES string of the molecule is [2H]c1nc(Br)c([2H])c([2H])c1C(=O)OC([2H])([2H])[2H]. The molecule has 0 N–H and O–H groups in total. The molecule has 3 nitrogen and oxygen atoms in total. The molecule has 1 rings (SSSR count). The van der Waals surface area contributed by atoms with Crippen LogP contribution in [0.3, 0.4) is 0 Å². The van der Waals surface area contributed by atoms with Crippen LogP contribution in [-0.2, 0) is 4.74 Å². The average molecular weight is 222 g/mol. The smallest absolute Gasteiger partial charge is 0.339 e. The third-order valence-electron chi connectivity index (χ3n) is 0.853. The van der Waals surface area contributed by atoms with Crippen LogP contribution in [0.25, 0.3) is 0 Å². The Morgan fingerprint density at radius 3 is 3.45 bits per heavy atom. The number of hydrogen-bond acceptors (Lipinski definition) is 3. The van der Waals surface area contributed by atoms with E-state index in [1.807, 2.05) is 0 Å². The number of rotatable bonds is 1. The van der Waals surface area contributed by atoms with Gasteiger partial charge in [0.05, 0.1) is 20.8 Å². The second kappa shape index (κ2) is 3.48. The number of hydrogen-bond donors (Lipinski definition) is 0. The fourth-order valence-electron chi connectivity index (χ4n) is 0.423. The number of esters is 1. The molecule has 0 radical (unpaired) electrons. The predicted octanol–water partition coefficient (Wildman–Crippen LogP) is 1.63. The van der Waals surface area contributed by atoms with Crippen molar-refractivity contribution in [2.24, 2.45) is 0 Å². The summed E-state index contributed by atoms with van der Waals surface area (Å²) >= 11 is 2.84. The number of halogens is 1. The van der Waals surface area contributed by atoms with Crippen LogP contribution in [-0.4, -0.2) is 18.0 Å². The fraction of sp³-hybridized carbons (Fsp3) is 0.143. The van der Waals surface area contributed by atoms with Crippen LogP contribution in [0.1, 0.15) is 18.6 Å². The summed E-state index contributed by atoms with van der Waals surface area (Å²) in [5.74, 6) is -1.37. The van der Waals surface area contributed by atoms with Crippen LogP contribution in [0.4, 0.5) is 0 Å². The van der Waals surface area contributed by atoms with E-state index >= 15 is 0 Å². The maximum Gasteiger partial charge on any atom is 0.339 e. The number of aromatic nitrogens is 1. The van der Waals surface area contributed by atoms with Crippen molar-refractivity contribution < 1.29 is 17.8 Å². The fourth-order valence-corrected chi connectivity index (χ4v) is 0.610. The van der Waals surface area contributed by atoms with E-state index in [2.05, 4.69) is 25.7 Å². The molecule has 0 amide bonds. The monoisotopic (exact) mass is 221 g/mol. The number of carbonyl (C=O) groups excluding carboxylic acids is 1. The maximum atomic E-state index is 11.4. The maximum absolute atomic E-state index is 11.4. The van der Waals surface area contributed by atoms with Gasteiger partial charge in [0.2, 0.25) is 0 Å². The molecule has 11 heavy (non-hydrogen) atoms. The van der Waals surface area contributed by atoms with Crippen LogP contribution in [0, 0.1) is 0 Å². The van der Waals surface area contributed by atoms with Gasteiger partial charge in [0.15, 0.2) is 0 Å². The highest BCUT2D eigenvalue weighted by Gasteiger charge is 2.03. The van der Waals surface area contributed by atoms with Crippen LogP contribution in [0.15, 0.2) is 22.9 Å². The summed E-state index contributed by atoms with van der Waals surface area (Å²) in [5, 5.41) is 0. The lowest BCUT2D eigenvalue weighted by Crippen LogP contribution is -2.00. The van der Waals surface area contributed by atoms with Gasteiger partial charge in [-0.15, -0.1) is 0 Å². The second-order valence-corrected chi connectivity index (χ2v) is 2.28. The van der Waals surface area contributed by atoms with Crippen molar-refractivity contribution in [3.8, 4) is 0 Å². The molecule has 0 aliphatic carbocycles. The molecule has 1 aromatic heterocycles. The van der Waals surface area contributed by atoms with Gasteiger partial charge in [0.1, 0.15) is 4.60 Å². The summed E-state index contributed by atoms with van der Waals surface area (Å²) in [5.41, 5.74) is -0.644. The van der Waals surface area contributed by atoms with Gasteiger partial charge in [-0.25, -0.2) is 9.78 Å². The average Bonchev–Trinajstić information content (AvgIpc) is 2.11. The largest absolute Gasteiger partial charge is 0.465 e. The summed E-state index contributed by atoms with van der Waals surface area (Å²) in [6.07, 6.45) is -0.618. The second-order valence-electron chi connectivity index (χ2n) is 1.53. The number of carbonyl (C=O) groups is 1. The Hall–Kier alpha value is -0.900. The molecule has 0 fully saturated rings. The van der Waals surface area contributed by atoms with E-state index < -0.39 is 36.8 Å². The predicted molar refractivity (Wildman–Crippen MR) is 43.3 cm³/mol. The minimum atomic E-state index is -2.97. The zero-order chi connectivity index (χ0) is 13.4. The Morgan fingerprint density at radius 2 is 2.73 bits per heavy atom. The molecule has 1 heterocycles. The van der Waals surface area contributed by atoms with Crippen LogP contribution >= 0.6 is 15.9 Å². The van der Waals surface area contributed by atoms with Crippen molar-refractivity contribution in [2.45, 2.75) is 0 Å². The minimum Gasteiger partial charge on any atom is -0.465 e. The van der Waals surface area contributed by atoms with Crippen molar-refractivity contribution in [3.63, 3.8) is 0 Å². The normalized spacial score (nSPS) is 18.3. The van der Waals surface area contributed by atoms with E-state index in [1.54, 1.807) is 0 Å². The number of nitrogens with zero attached hydrogens (tertiary/aromatic N) is 1. The Balaban J connectivity index is 3.24. The summed E-state index contributed by atoms with van der Waals surface area (Å²) in [4.78, 5) is 14.9. The molecular weight excluding hydrogens is 210 g/mol. The van der Waals surface area contributed by atoms with Crippen molar-refractivity contribution in [1.29, 1.82) is 0 Å². The molecule has 0 aliphatic rings. The molecule has 4 heteroatoms. The van der Waals surface area contributed by atoms with Crippen molar-refractivity contribution >= 4 is 21.9 Å². The molecule has 0 aromatic carbocycles. The summed E-state index contributed by atoms with van der Waals surface area (Å²) in [7, 11) is -2.97. The highest BCUT2D eigenvalue weighted by atomic mass is 79.9. The zero-order valence-corrected chi connectivity index (χ0v) is 6.73. The first kappa shape index (κ1) is 3.23. The molecule has 58 valence electrons. The zero-order valence-electron chi connectivity index (χ0n) is 11.1. The number of pyridine rings is 1. The first-order valence-corrected chi connectivity index (χ1v) is 3.29. The number of methoxy groups -OCH3 is 1. The third-order valence-corrected chi connectivity index (χ3v) is 1.23. The van der Waals surface area contributed by atoms with Crippen LogP contribution in [0.5, 0.6) is 0 Å². The minimum absolute atomic E-state index is 0.0714. The van der Waals surface area contributed by atoms with Gasteiger partial charge in [-0.05, 0) is 28.0 Å². The van der Waals surface area contributed by atoms with Gasteiger partial charge >= 0.3 is 5.97 Å². The third kappa shape index (κ3) is 2.01. The molecule has 0 saturated heterocycles. The quantitative estimate of drug-likeness (QED) is 0.535. The lowest BCUT2D eigenvalue weighted by atomic mass is 10.3. The highest BCUT2D eigenvalue weighted by molar-refractivity contribution is 9.10. The van der Waals surface area contributed by atoms with Gasteiger partial charge in [-0.2, -0.15) is 0 Å². The number of ether oxygens (including phenoxy) is 1. The highest BCUT2D eigenvalue weighted by Crippen LogP contribution is 2.06. The van der Waals surface area contributed by atoms with Gasteiger partial charge < -0.3 is 4.74 Å². The van der Waals surface area contributed by atoms with Crippen LogP contribution in [0.2, 0.25) is 0 Å². The molecule has 0 saturated carbocycles. The van der Waals surface area contributed by atoms with Gasteiger partial charge in [-0.3, -0.25) is 0 Å². The molecule has 0 unspecified atom stereocenters.